The van der Waals surface area contributed by atoms with Crippen molar-refractivity contribution in [2.45, 2.75) is 30.6 Å². The molecule has 1 saturated carbocycles. The minimum Gasteiger partial charge on any atom is -0.342 e. The molecular formula is C18H21ClN2O2S. The molecule has 2 amide bonds. The van der Waals surface area contributed by atoms with Crippen LogP contribution in [-0.4, -0.2) is 51.9 Å². The van der Waals surface area contributed by atoms with E-state index in [4.69, 9.17) is 11.6 Å². The van der Waals surface area contributed by atoms with Crippen molar-refractivity contribution in [3.63, 3.8) is 0 Å². The molecule has 0 aromatic heterocycles. The monoisotopic (exact) mass is 364 g/mol. The number of thioether (sulfide) groups is 1. The third-order valence-electron chi connectivity index (χ3n) is 5.28. The maximum atomic E-state index is 13.0. The highest BCUT2D eigenvalue weighted by Crippen LogP contribution is 2.45. The summed E-state index contributed by atoms with van der Waals surface area (Å²) in [4.78, 5) is 29.1. The molecule has 0 atom stereocenters. The molecule has 6 heteroatoms. The molecule has 3 fully saturated rings. The molecule has 2 aliphatic heterocycles. The Labute approximate surface area is 151 Å². The number of halogens is 1. The number of hydrogen-bond acceptors (Lipinski definition) is 3. The molecule has 1 aliphatic carbocycles. The summed E-state index contributed by atoms with van der Waals surface area (Å²) in [6.45, 7) is 2.30. The van der Waals surface area contributed by atoms with Crippen LogP contribution in [0.25, 0.3) is 0 Å². The summed E-state index contributed by atoms with van der Waals surface area (Å²) < 4.78 is 0. The van der Waals surface area contributed by atoms with Crippen LogP contribution in [0.4, 0.5) is 0 Å². The van der Waals surface area contributed by atoms with E-state index >= 15 is 0 Å². The number of hydrogen-bond donors (Lipinski definition) is 0. The van der Waals surface area contributed by atoms with Crippen LogP contribution in [0.3, 0.4) is 0 Å². The van der Waals surface area contributed by atoms with Crippen LogP contribution in [0.5, 0.6) is 0 Å². The van der Waals surface area contributed by atoms with E-state index in [0.29, 0.717) is 16.5 Å². The van der Waals surface area contributed by atoms with E-state index in [0.717, 1.165) is 51.1 Å². The summed E-state index contributed by atoms with van der Waals surface area (Å²) >= 11 is 7.92. The molecule has 24 heavy (non-hydrogen) atoms. The lowest BCUT2D eigenvalue weighted by Crippen LogP contribution is -2.53. The molecule has 4 rings (SSSR count). The molecule has 0 radical (unpaired) electrons. The van der Waals surface area contributed by atoms with Gasteiger partial charge >= 0.3 is 0 Å². The normalized spacial score (nSPS) is 22.9. The van der Waals surface area contributed by atoms with Gasteiger partial charge in [-0.3, -0.25) is 9.59 Å². The standard InChI is InChI=1S/C18H21ClN2O2S/c19-15-3-1-2-14(12-15)17(23)21-10-11-24-18(21)6-8-20(9-7-18)16(22)13-4-5-13/h1-3,12-13H,4-11H2. The number of amides is 2. The third-order valence-corrected chi connectivity index (χ3v) is 7.07. The van der Waals surface area contributed by atoms with E-state index in [2.05, 4.69) is 0 Å². The first-order chi connectivity index (χ1) is 11.6. The van der Waals surface area contributed by atoms with Crippen LogP contribution in [0.1, 0.15) is 36.0 Å². The number of carbonyl (C=O) groups excluding carboxylic acids is 2. The van der Waals surface area contributed by atoms with Gasteiger partial charge in [0.1, 0.15) is 0 Å². The van der Waals surface area contributed by atoms with Gasteiger partial charge in [0.25, 0.3) is 5.91 Å². The average Bonchev–Trinajstić information content (AvgIpc) is 3.37. The zero-order valence-electron chi connectivity index (χ0n) is 13.5. The fraction of sp³-hybridized carbons (Fsp3) is 0.556. The topological polar surface area (TPSA) is 40.6 Å². The van der Waals surface area contributed by atoms with E-state index in [1.807, 2.05) is 33.7 Å². The molecule has 0 bridgehead atoms. The van der Waals surface area contributed by atoms with Gasteiger partial charge in [0.15, 0.2) is 0 Å². The SMILES string of the molecule is O=C(C1CC1)N1CCC2(CC1)SCCN2C(=O)c1cccc(Cl)c1. The Kier molecular flexibility index (Phi) is 4.25. The van der Waals surface area contributed by atoms with Crippen molar-refractivity contribution in [2.24, 2.45) is 5.92 Å². The van der Waals surface area contributed by atoms with Crippen molar-refractivity contribution in [1.29, 1.82) is 0 Å². The number of benzene rings is 1. The van der Waals surface area contributed by atoms with Gasteiger partial charge in [0.05, 0.1) is 4.87 Å². The van der Waals surface area contributed by atoms with E-state index < -0.39 is 0 Å². The molecule has 0 unspecified atom stereocenters. The third kappa shape index (κ3) is 2.93. The molecular weight excluding hydrogens is 344 g/mol. The number of nitrogens with zero attached hydrogens (tertiary/aromatic N) is 2. The fourth-order valence-corrected chi connectivity index (χ4v) is 5.40. The lowest BCUT2D eigenvalue weighted by atomic mass is 10.0. The minimum absolute atomic E-state index is 0.0597. The molecule has 1 spiro atoms. The Morgan fingerprint density at radius 3 is 2.58 bits per heavy atom. The van der Waals surface area contributed by atoms with Gasteiger partial charge in [0.2, 0.25) is 5.91 Å². The molecule has 1 aromatic rings. The second-order valence-corrected chi connectivity index (χ2v) is 8.75. The molecule has 1 aromatic carbocycles. The van der Waals surface area contributed by atoms with Gasteiger partial charge in [-0.2, -0.15) is 0 Å². The maximum absolute atomic E-state index is 13.0. The number of carbonyl (C=O) groups is 2. The summed E-state index contributed by atoms with van der Waals surface area (Å²) in [7, 11) is 0. The van der Waals surface area contributed by atoms with Gasteiger partial charge in [-0.05, 0) is 43.9 Å². The molecule has 2 heterocycles. The molecule has 2 saturated heterocycles. The van der Waals surface area contributed by atoms with Crippen LogP contribution in [-0.2, 0) is 4.79 Å². The first-order valence-corrected chi connectivity index (χ1v) is 9.96. The van der Waals surface area contributed by atoms with Gasteiger partial charge in [-0.1, -0.05) is 17.7 Å². The maximum Gasteiger partial charge on any atom is 0.255 e. The average molecular weight is 365 g/mol. The van der Waals surface area contributed by atoms with E-state index in [1.54, 1.807) is 12.1 Å². The lowest BCUT2D eigenvalue weighted by molar-refractivity contribution is -0.134. The van der Waals surface area contributed by atoms with Crippen LogP contribution < -0.4 is 0 Å². The van der Waals surface area contributed by atoms with Gasteiger partial charge in [0, 0.05) is 41.9 Å². The molecule has 0 N–H and O–H groups in total. The van der Waals surface area contributed by atoms with Crippen LogP contribution >= 0.6 is 23.4 Å². The van der Waals surface area contributed by atoms with Crippen molar-refractivity contribution in [3.8, 4) is 0 Å². The van der Waals surface area contributed by atoms with Crippen LogP contribution in [0.2, 0.25) is 5.02 Å². The minimum atomic E-state index is -0.153. The van der Waals surface area contributed by atoms with E-state index in [-0.39, 0.29) is 16.7 Å². The van der Waals surface area contributed by atoms with Gasteiger partial charge in [-0.25, -0.2) is 0 Å². The smallest absolute Gasteiger partial charge is 0.255 e. The van der Waals surface area contributed by atoms with Crippen molar-refractivity contribution in [3.05, 3.63) is 34.9 Å². The Morgan fingerprint density at radius 1 is 1.17 bits per heavy atom. The van der Waals surface area contributed by atoms with Gasteiger partial charge in [-0.15, -0.1) is 11.8 Å². The second kappa shape index (κ2) is 6.26. The lowest BCUT2D eigenvalue weighted by Gasteiger charge is -2.44. The highest BCUT2D eigenvalue weighted by molar-refractivity contribution is 8.00. The van der Waals surface area contributed by atoms with Crippen molar-refractivity contribution in [2.75, 3.05) is 25.4 Å². The van der Waals surface area contributed by atoms with Crippen molar-refractivity contribution in [1.82, 2.24) is 9.80 Å². The first kappa shape index (κ1) is 16.3. The van der Waals surface area contributed by atoms with Crippen molar-refractivity contribution < 1.29 is 9.59 Å². The molecule has 3 aliphatic rings. The summed E-state index contributed by atoms with van der Waals surface area (Å²) in [6.07, 6.45) is 3.83. The Morgan fingerprint density at radius 2 is 1.92 bits per heavy atom. The van der Waals surface area contributed by atoms with E-state index in [9.17, 15) is 9.59 Å². The van der Waals surface area contributed by atoms with Gasteiger partial charge < -0.3 is 9.80 Å². The Hall–Kier alpha value is -1.20. The highest BCUT2D eigenvalue weighted by Gasteiger charge is 2.48. The summed E-state index contributed by atoms with van der Waals surface area (Å²) in [5, 5.41) is 0.589. The first-order valence-electron chi connectivity index (χ1n) is 8.59. The number of rotatable bonds is 2. The number of likely N-dealkylation sites (tertiary alicyclic amines) is 1. The zero-order chi connectivity index (χ0) is 16.7. The molecule has 4 nitrogen and oxygen atoms in total. The summed E-state index contributed by atoms with van der Waals surface area (Å²) in [5.74, 6) is 1.62. The predicted octanol–water partition coefficient (Wildman–Crippen LogP) is 3.26. The second-order valence-electron chi connectivity index (χ2n) is 6.86. The Bertz CT molecular complexity index is 669. The van der Waals surface area contributed by atoms with Crippen LogP contribution in [0.15, 0.2) is 24.3 Å². The quantitative estimate of drug-likeness (QED) is 0.808. The van der Waals surface area contributed by atoms with E-state index in [1.165, 1.54) is 0 Å². The fourth-order valence-electron chi connectivity index (χ4n) is 3.75. The summed E-state index contributed by atoms with van der Waals surface area (Å²) in [6, 6.07) is 7.18. The highest BCUT2D eigenvalue weighted by atomic mass is 35.5. The largest absolute Gasteiger partial charge is 0.342 e. The Balaban J connectivity index is 1.48. The predicted molar refractivity (Wildman–Crippen MR) is 96.2 cm³/mol. The number of piperidine rings is 1. The summed E-state index contributed by atoms with van der Waals surface area (Å²) in [5.41, 5.74) is 0.654. The van der Waals surface area contributed by atoms with Crippen LogP contribution in [0, 0.1) is 5.92 Å². The van der Waals surface area contributed by atoms with Crippen molar-refractivity contribution >= 4 is 35.2 Å². The molecule has 128 valence electrons. The zero-order valence-corrected chi connectivity index (χ0v) is 15.1.